The molecule has 0 spiro atoms. The van der Waals surface area contributed by atoms with Gasteiger partial charge in [0.05, 0.1) is 13.7 Å². The second-order valence-corrected chi connectivity index (χ2v) is 6.67. The summed E-state index contributed by atoms with van der Waals surface area (Å²) in [6, 6.07) is 11.4. The third-order valence-electron chi connectivity index (χ3n) is 3.82. The number of thiophene rings is 1. The Morgan fingerprint density at radius 3 is 2.78 bits per heavy atom. The van der Waals surface area contributed by atoms with Gasteiger partial charge in [0.15, 0.2) is 0 Å². The summed E-state index contributed by atoms with van der Waals surface area (Å²) in [5.74, 6) is -0.0655. The molecule has 0 aliphatic heterocycles. The largest absolute Gasteiger partial charge is 0.496 e. The Kier molecular flexibility index (Phi) is 5.77. The van der Waals surface area contributed by atoms with Gasteiger partial charge in [-0.25, -0.2) is 0 Å². The molecular formula is C17H17N5O4S. The van der Waals surface area contributed by atoms with E-state index in [4.69, 9.17) is 4.74 Å². The summed E-state index contributed by atoms with van der Waals surface area (Å²) in [4.78, 5) is 29.1. The minimum atomic E-state index is -0.695. The Hall–Kier alpha value is -3.27. The molecule has 3 rings (SSSR count). The number of methoxy groups -OCH3 is 1. The molecule has 2 heterocycles. The summed E-state index contributed by atoms with van der Waals surface area (Å²) in [6.07, 6.45) is 1.18. The molecule has 0 aliphatic rings. The van der Waals surface area contributed by atoms with Gasteiger partial charge in [-0.1, -0.05) is 29.2 Å². The van der Waals surface area contributed by atoms with Crippen molar-refractivity contribution < 1.29 is 14.5 Å². The Morgan fingerprint density at radius 2 is 2.11 bits per heavy atom. The van der Waals surface area contributed by atoms with Crippen LogP contribution in [0.1, 0.15) is 10.4 Å². The van der Waals surface area contributed by atoms with Crippen molar-refractivity contribution in [3.63, 3.8) is 0 Å². The lowest BCUT2D eigenvalue weighted by molar-refractivity contribution is -0.394. The topological polar surface area (TPSA) is 103 Å². The molecule has 1 aromatic carbocycles. The lowest BCUT2D eigenvalue weighted by Crippen LogP contribution is -2.33. The predicted octanol–water partition coefficient (Wildman–Crippen LogP) is 2.49. The van der Waals surface area contributed by atoms with E-state index in [1.165, 1.54) is 11.0 Å². The highest BCUT2D eigenvalue weighted by molar-refractivity contribution is 7.09. The van der Waals surface area contributed by atoms with Crippen LogP contribution in [0.5, 0.6) is 5.75 Å². The normalized spacial score (nSPS) is 10.6. The van der Waals surface area contributed by atoms with Crippen LogP contribution in [0, 0.1) is 10.1 Å². The first kappa shape index (κ1) is 18.5. The summed E-state index contributed by atoms with van der Waals surface area (Å²) in [7, 11) is 1.58. The molecule has 27 heavy (non-hydrogen) atoms. The maximum absolute atomic E-state index is 12.9. The summed E-state index contributed by atoms with van der Waals surface area (Å²) in [6.45, 7) is 0.629. The van der Waals surface area contributed by atoms with E-state index in [0.29, 0.717) is 18.8 Å². The third kappa shape index (κ3) is 4.67. The molecule has 0 atom stereocenters. The van der Waals surface area contributed by atoms with Crippen molar-refractivity contribution in [1.82, 2.24) is 19.7 Å². The highest BCUT2D eigenvalue weighted by atomic mass is 32.1. The molecule has 0 saturated heterocycles. The van der Waals surface area contributed by atoms with Gasteiger partial charge in [0.2, 0.25) is 12.2 Å². The zero-order valence-corrected chi connectivity index (χ0v) is 15.3. The van der Waals surface area contributed by atoms with E-state index in [2.05, 4.69) is 10.1 Å². The van der Waals surface area contributed by atoms with E-state index < -0.39 is 10.9 Å². The van der Waals surface area contributed by atoms with E-state index in [0.717, 1.165) is 10.4 Å². The van der Waals surface area contributed by atoms with Crippen LogP contribution in [-0.2, 0) is 24.4 Å². The monoisotopic (exact) mass is 387 g/mol. The number of para-hydroxylation sites is 1. The fraction of sp³-hybridized carbons (Fsp3) is 0.235. The summed E-state index contributed by atoms with van der Waals surface area (Å²) < 4.78 is 6.54. The minimum absolute atomic E-state index is 0.138. The highest BCUT2D eigenvalue weighted by Crippen LogP contribution is 2.21. The van der Waals surface area contributed by atoms with Crippen LogP contribution >= 0.6 is 11.3 Å². The van der Waals surface area contributed by atoms with Crippen LogP contribution in [0.2, 0.25) is 0 Å². The first-order valence-electron chi connectivity index (χ1n) is 8.02. The molecule has 0 bridgehead atoms. The van der Waals surface area contributed by atoms with Gasteiger partial charge in [0, 0.05) is 22.1 Å². The van der Waals surface area contributed by atoms with Gasteiger partial charge < -0.3 is 19.8 Å². The Balaban J connectivity index is 1.79. The number of amides is 1. The lowest BCUT2D eigenvalue weighted by atomic mass is 10.2. The summed E-state index contributed by atoms with van der Waals surface area (Å²) in [5.41, 5.74) is 0.870. The molecule has 0 unspecified atom stereocenters. The summed E-state index contributed by atoms with van der Waals surface area (Å²) in [5, 5.41) is 16.4. The van der Waals surface area contributed by atoms with Crippen LogP contribution in [-0.4, -0.2) is 37.6 Å². The number of hydrogen-bond acceptors (Lipinski definition) is 7. The molecule has 0 saturated carbocycles. The predicted molar refractivity (Wildman–Crippen MR) is 98.2 cm³/mol. The maximum Gasteiger partial charge on any atom is 0.490 e. The molecule has 140 valence electrons. The Bertz CT molecular complexity index is 925. The molecule has 3 aromatic rings. The molecule has 10 heteroatoms. The van der Waals surface area contributed by atoms with Crippen LogP contribution in [0.15, 0.2) is 48.1 Å². The minimum Gasteiger partial charge on any atom is -0.496 e. The van der Waals surface area contributed by atoms with Crippen LogP contribution < -0.4 is 4.74 Å². The van der Waals surface area contributed by atoms with E-state index in [1.807, 2.05) is 41.8 Å². The smallest absolute Gasteiger partial charge is 0.490 e. The fourth-order valence-corrected chi connectivity index (χ4v) is 3.26. The molecule has 0 fully saturated rings. The Morgan fingerprint density at radius 1 is 1.30 bits per heavy atom. The zero-order valence-electron chi connectivity index (χ0n) is 14.5. The maximum atomic E-state index is 12.9. The number of nitro groups is 1. The molecule has 0 N–H and O–H groups in total. The first-order valence-corrected chi connectivity index (χ1v) is 8.90. The van der Waals surface area contributed by atoms with Crippen molar-refractivity contribution in [2.24, 2.45) is 0 Å². The second-order valence-electron chi connectivity index (χ2n) is 5.64. The number of benzene rings is 1. The SMILES string of the molecule is COc1ccccc1CN(Cc1cccs1)C(=O)Cn1cnc([N+](=O)[O-])n1. The van der Waals surface area contributed by atoms with Crippen LogP contribution in [0.25, 0.3) is 0 Å². The average molecular weight is 387 g/mol. The number of rotatable bonds is 8. The number of ether oxygens (including phenoxy) is 1. The zero-order chi connectivity index (χ0) is 19.2. The van der Waals surface area contributed by atoms with Gasteiger partial charge in [0.25, 0.3) is 0 Å². The highest BCUT2D eigenvalue weighted by Gasteiger charge is 2.21. The van der Waals surface area contributed by atoms with Crippen LogP contribution in [0.4, 0.5) is 5.95 Å². The number of nitrogens with zero attached hydrogens (tertiary/aromatic N) is 5. The van der Waals surface area contributed by atoms with Crippen LogP contribution in [0.3, 0.4) is 0 Å². The van der Waals surface area contributed by atoms with Gasteiger partial charge in [-0.2, -0.15) is 4.68 Å². The van der Waals surface area contributed by atoms with E-state index in [-0.39, 0.29) is 12.5 Å². The van der Waals surface area contributed by atoms with Crippen molar-refractivity contribution >= 4 is 23.2 Å². The van der Waals surface area contributed by atoms with E-state index >= 15 is 0 Å². The fourth-order valence-electron chi connectivity index (χ4n) is 2.55. The third-order valence-corrected chi connectivity index (χ3v) is 4.68. The summed E-state index contributed by atoms with van der Waals surface area (Å²) >= 11 is 1.55. The standard InChI is InChI=1S/C17H17N5O4S/c1-26-15-7-3-2-5-13(15)9-20(10-14-6-4-8-27-14)16(23)11-21-12-18-17(19-21)22(24)25/h2-8,12H,9-11H2,1H3. The average Bonchev–Trinajstić information content (AvgIpc) is 3.33. The molecule has 9 nitrogen and oxygen atoms in total. The number of aromatic nitrogens is 3. The number of carbonyl (C=O) groups excluding carboxylic acids is 1. The van der Waals surface area contributed by atoms with Gasteiger partial charge in [-0.3, -0.25) is 4.79 Å². The molecule has 2 aromatic heterocycles. The lowest BCUT2D eigenvalue weighted by Gasteiger charge is -2.23. The van der Waals surface area contributed by atoms with Crippen molar-refractivity contribution in [3.8, 4) is 5.75 Å². The quantitative estimate of drug-likeness (QED) is 0.434. The molecule has 0 aliphatic carbocycles. The van der Waals surface area contributed by atoms with Crippen molar-refractivity contribution in [2.45, 2.75) is 19.6 Å². The molecule has 1 amide bonds. The number of hydrogen-bond donors (Lipinski definition) is 0. The van der Waals surface area contributed by atoms with Gasteiger partial charge in [0.1, 0.15) is 12.3 Å². The van der Waals surface area contributed by atoms with Crippen molar-refractivity contribution in [1.29, 1.82) is 0 Å². The second kappa shape index (κ2) is 8.41. The van der Waals surface area contributed by atoms with Gasteiger partial charge in [-0.05, 0) is 22.4 Å². The first-order chi connectivity index (χ1) is 13.1. The number of carbonyl (C=O) groups is 1. The van der Waals surface area contributed by atoms with E-state index in [1.54, 1.807) is 23.3 Å². The molecule has 0 radical (unpaired) electrons. The van der Waals surface area contributed by atoms with Gasteiger partial charge in [-0.15, -0.1) is 11.3 Å². The van der Waals surface area contributed by atoms with Crippen molar-refractivity contribution in [2.75, 3.05) is 7.11 Å². The molecular weight excluding hydrogens is 370 g/mol. The van der Waals surface area contributed by atoms with E-state index in [9.17, 15) is 14.9 Å². The Labute approximate surface area is 159 Å². The van der Waals surface area contributed by atoms with Gasteiger partial charge >= 0.3 is 5.95 Å². The van der Waals surface area contributed by atoms with Crippen molar-refractivity contribution in [3.05, 3.63) is 68.7 Å².